The van der Waals surface area contributed by atoms with Gasteiger partial charge < -0.3 is 22.0 Å². The number of piperazine rings is 1. The first-order valence-corrected chi connectivity index (χ1v) is 8.99. The minimum atomic E-state index is -0.0228. The Kier molecular flexibility index (Phi) is 8.04. The fraction of sp³-hybridized carbons (Fsp3) is 0.316. The van der Waals surface area contributed by atoms with E-state index in [9.17, 15) is 4.79 Å². The van der Waals surface area contributed by atoms with Crippen LogP contribution in [-0.4, -0.2) is 48.5 Å². The lowest BCUT2D eigenvalue weighted by atomic mass is 10.2. The summed E-state index contributed by atoms with van der Waals surface area (Å²) in [5.41, 5.74) is 1.29. The molecule has 1 heterocycles. The number of nitrogens with zero attached hydrogens (tertiary/aromatic N) is 2. The van der Waals surface area contributed by atoms with Crippen molar-refractivity contribution in [3.05, 3.63) is 64.1 Å². The minimum absolute atomic E-state index is 0. The Labute approximate surface area is 170 Å². The number of carbonyl (C=O) groups excluding carboxylic acids is 1. The summed E-state index contributed by atoms with van der Waals surface area (Å²) in [4.78, 5) is 16.5. The summed E-state index contributed by atoms with van der Waals surface area (Å²) in [6.07, 6.45) is 0. The number of ether oxygens (including phenoxy) is 1. The van der Waals surface area contributed by atoms with Crippen LogP contribution in [-0.2, 0) is 11.3 Å². The molecular weight excluding hydrogens is 395 g/mol. The molecular formula is C19H20Cl3N2O2-. The third-order valence-corrected chi connectivity index (χ3v) is 4.75. The number of hydrogen-bond acceptors (Lipinski definition) is 3. The monoisotopic (exact) mass is 413 g/mol. The van der Waals surface area contributed by atoms with E-state index in [2.05, 4.69) is 17.0 Å². The molecule has 1 amide bonds. The first-order valence-electron chi connectivity index (χ1n) is 8.24. The first kappa shape index (κ1) is 20.8. The Morgan fingerprint density at radius 3 is 2.35 bits per heavy atom. The van der Waals surface area contributed by atoms with Crippen molar-refractivity contribution < 1.29 is 21.9 Å². The fourth-order valence-electron chi connectivity index (χ4n) is 2.82. The maximum absolute atomic E-state index is 12.3. The van der Waals surface area contributed by atoms with Crippen molar-refractivity contribution in [1.29, 1.82) is 0 Å². The summed E-state index contributed by atoms with van der Waals surface area (Å²) in [5, 5.41) is 0.950. The molecule has 0 saturated carbocycles. The second-order valence-electron chi connectivity index (χ2n) is 6.01. The number of benzene rings is 2. The van der Waals surface area contributed by atoms with E-state index in [-0.39, 0.29) is 24.9 Å². The van der Waals surface area contributed by atoms with Crippen LogP contribution in [0.4, 0.5) is 0 Å². The first-order chi connectivity index (χ1) is 12.1. The van der Waals surface area contributed by atoms with E-state index in [1.807, 2.05) is 23.1 Å². The number of hydrogen-bond donors (Lipinski definition) is 0. The third kappa shape index (κ3) is 5.78. The van der Waals surface area contributed by atoms with Gasteiger partial charge in [0.1, 0.15) is 5.75 Å². The molecule has 0 bridgehead atoms. The van der Waals surface area contributed by atoms with Gasteiger partial charge in [-0.2, -0.15) is 0 Å². The average molecular weight is 415 g/mol. The van der Waals surface area contributed by atoms with Crippen LogP contribution < -0.4 is 17.1 Å². The highest BCUT2D eigenvalue weighted by Crippen LogP contribution is 2.27. The number of halogens is 3. The Morgan fingerprint density at radius 1 is 1.00 bits per heavy atom. The van der Waals surface area contributed by atoms with E-state index in [0.29, 0.717) is 28.9 Å². The standard InChI is InChI=1S/C19H20Cl2N2O2.ClH/c20-16-6-7-18(17(21)12-16)25-14-19(24)23-10-8-22(9-11-23)13-15-4-2-1-3-5-15;/h1-7,12H,8-11,13-14H2;1H/p-1. The van der Waals surface area contributed by atoms with Crippen LogP contribution in [0, 0.1) is 0 Å². The second kappa shape index (κ2) is 10.0. The van der Waals surface area contributed by atoms with Gasteiger partial charge >= 0.3 is 0 Å². The van der Waals surface area contributed by atoms with Gasteiger partial charge in [0.2, 0.25) is 0 Å². The zero-order valence-corrected chi connectivity index (χ0v) is 16.5. The predicted molar refractivity (Wildman–Crippen MR) is 100 cm³/mol. The zero-order valence-electron chi connectivity index (χ0n) is 14.2. The molecule has 7 heteroatoms. The van der Waals surface area contributed by atoms with Gasteiger partial charge in [-0.3, -0.25) is 9.69 Å². The Bertz CT molecular complexity index is 720. The van der Waals surface area contributed by atoms with E-state index in [0.717, 1.165) is 19.6 Å². The Morgan fingerprint density at radius 2 is 1.69 bits per heavy atom. The number of carbonyl (C=O) groups is 1. The van der Waals surface area contributed by atoms with Crippen LogP contribution in [0.2, 0.25) is 10.0 Å². The van der Waals surface area contributed by atoms with E-state index in [4.69, 9.17) is 27.9 Å². The van der Waals surface area contributed by atoms with Crippen molar-refractivity contribution in [2.45, 2.75) is 6.54 Å². The SMILES string of the molecule is O=C(COc1ccc(Cl)cc1Cl)N1CCN(Cc2ccccc2)CC1.[Cl-]. The van der Waals surface area contributed by atoms with Crippen LogP contribution in [0.15, 0.2) is 48.5 Å². The molecule has 2 aromatic carbocycles. The van der Waals surface area contributed by atoms with Gasteiger partial charge in [0, 0.05) is 37.7 Å². The molecule has 140 valence electrons. The van der Waals surface area contributed by atoms with Crippen molar-refractivity contribution in [3.63, 3.8) is 0 Å². The summed E-state index contributed by atoms with van der Waals surface area (Å²) in [6, 6.07) is 15.3. The molecule has 26 heavy (non-hydrogen) atoms. The molecule has 1 aliphatic heterocycles. The predicted octanol–water partition coefficient (Wildman–Crippen LogP) is 0.721. The summed E-state index contributed by atoms with van der Waals surface area (Å²) < 4.78 is 5.53. The lowest BCUT2D eigenvalue weighted by molar-refractivity contribution is -0.135. The lowest BCUT2D eigenvalue weighted by Crippen LogP contribution is -3.00. The highest BCUT2D eigenvalue weighted by atomic mass is 35.5. The van der Waals surface area contributed by atoms with Crippen molar-refractivity contribution in [2.75, 3.05) is 32.8 Å². The van der Waals surface area contributed by atoms with Crippen molar-refractivity contribution in [1.82, 2.24) is 9.80 Å². The van der Waals surface area contributed by atoms with Crippen LogP contribution in [0.3, 0.4) is 0 Å². The van der Waals surface area contributed by atoms with Crippen LogP contribution in [0.1, 0.15) is 5.56 Å². The molecule has 1 fully saturated rings. The lowest BCUT2D eigenvalue weighted by Gasteiger charge is -2.34. The normalized spacial score (nSPS) is 14.6. The van der Waals surface area contributed by atoms with Gasteiger partial charge in [-0.15, -0.1) is 0 Å². The summed E-state index contributed by atoms with van der Waals surface area (Å²) in [7, 11) is 0. The largest absolute Gasteiger partial charge is 1.00 e. The minimum Gasteiger partial charge on any atom is -1.00 e. The Hall–Kier alpha value is -1.46. The van der Waals surface area contributed by atoms with Crippen molar-refractivity contribution >= 4 is 29.1 Å². The van der Waals surface area contributed by atoms with Crippen LogP contribution in [0.5, 0.6) is 5.75 Å². The van der Waals surface area contributed by atoms with Crippen LogP contribution in [0.25, 0.3) is 0 Å². The molecule has 4 nitrogen and oxygen atoms in total. The van der Waals surface area contributed by atoms with Gasteiger partial charge in [-0.05, 0) is 23.8 Å². The molecule has 3 rings (SSSR count). The molecule has 0 spiro atoms. The summed E-state index contributed by atoms with van der Waals surface area (Å²) in [6.45, 7) is 4.05. The maximum atomic E-state index is 12.3. The number of amides is 1. The molecule has 0 radical (unpaired) electrons. The second-order valence-corrected chi connectivity index (χ2v) is 6.85. The third-order valence-electron chi connectivity index (χ3n) is 4.22. The molecule has 0 aromatic heterocycles. The Balaban J connectivity index is 0.00000243. The van der Waals surface area contributed by atoms with Gasteiger partial charge in [0.25, 0.3) is 5.91 Å². The molecule has 1 aliphatic rings. The molecule has 0 N–H and O–H groups in total. The number of rotatable bonds is 5. The highest BCUT2D eigenvalue weighted by molar-refractivity contribution is 6.35. The van der Waals surface area contributed by atoms with Gasteiger partial charge in [-0.1, -0.05) is 53.5 Å². The van der Waals surface area contributed by atoms with Gasteiger partial charge in [-0.25, -0.2) is 0 Å². The summed E-state index contributed by atoms with van der Waals surface area (Å²) >= 11 is 11.9. The van der Waals surface area contributed by atoms with Crippen molar-refractivity contribution in [3.8, 4) is 5.75 Å². The van der Waals surface area contributed by atoms with Gasteiger partial charge in [0.05, 0.1) is 5.02 Å². The maximum Gasteiger partial charge on any atom is 0.260 e. The topological polar surface area (TPSA) is 32.8 Å². The molecule has 0 unspecified atom stereocenters. The summed E-state index contributed by atoms with van der Waals surface area (Å²) in [5.74, 6) is 0.451. The average Bonchev–Trinajstić information content (AvgIpc) is 2.62. The van der Waals surface area contributed by atoms with E-state index in [1.165, 1.54) is 5.56 Å². The highest BCUT2D eigenvalue weighted by Gasteiger charge is 2.21. The molecule has 2 aromatic rings. The van der Waals surface area contributed by atoms with E-state index in [1.54, 1.807) is 18.2 Å². The molecule has 0 aliphatic carbocycles. The van der Waals surface area contributed by atoms with Gasteiger partial charge in [0.15, 0.2) is 6.61 Å². The van der Waals surface area contributed by atoms with Crippen molar-refractivity contribution in [2.24, 2.45) is 0 Å². The molecule has 0 atom stereocenters. The zero-order chi connectivity index (χ0) is 17.6. The van der Waals surface area contributed by atoms with Crippen LogP contribution >= 0.6 is 23.2 Å². The van der Waals surface area contributed by atoms with E-state index < -0.39 is 0 Å². The quantitative estimate of drug-likeness (QED) is 0.723. The van der Waals surface area contributed by atoms with E-state index >= 15 is 0 Å². The fourth-order valence-corrected chi connectivity index (χ4v) is 3.28. The smallest absolute Gasteiger partial charge is 0.260 e. The molecule has 1 saturated heterocycles.